The van der Waals surface area contributed by atoms with Crippen LogP contribution in [0.4, 0.5) is 4.39 Å². The molecule has 0 heterocycles. The van der Waals surface area contributed by atoms with Crippen LogP contribution in [0.25, 0.3) is 0 Å². The van der Waals surface area contributed by atoms with Crippen LogP contribution in [0, 0.1) is 5.82 Å². The Kier molecular flexibility index (Phi) is 5.58. The van der Waals surface area contributed by atoms with Crippen molar-refractivity contribution in [2.45, 2.75) is 19.4 Å². The molecule has 0 saturated carbocycles. The van der Waals surface area contributed by atoms with Gasteiger partial charge in [-0.15, -0.1) is 0 Å². The Morgan fingerprint density at radius 2 is 2.00 bits per heavy atom. The Morgan fingerprint density at radius 1 is 1.25 bits per heavy atom. The van der Waals surface area contributed by atoms with Gasteiger partial charge >= 0.3 is 0 Å². The van der Waals surface area contributed by atoms with E-state index in [1.54, 1.807) is 12.1 Å². The summed E-state index contributed by atoms with van der Waals surface area (Å²) < 4.78 is 14.9. The molecule has 1 nitrogen and oxygen atoms in total. The molecule has 4 heteroatoms. The molecule has 1 N–H and O–H groups in total. The third-order valence-corrected chi connectivity index (χ3v) is 4.02. The highest BCUT2D eigenvalue weighted by Crippen LogP contribution is 2.27. The largest absolute Gasteiger partial charge is 0.310 e. The zero-order valence-electron chi connectivity index (χ0n) is 11.2. The Bertz CT molecular complexity index is 568. The number of rotatable bonds is 5. The Balaban J connectivity index is 2.30. The summed E-state index contributed by atoms with van der Waals surface area (Å²) in [6.45, 7) is 2.84. The molecule has 0 aliphatic carbocycles. The van der Waals surface area contributed by atoms with Crippen molar-refractivity contribution in [1.29, 1.82) is 0 Å². The molecule has 0 spiro atoms. The van der Waals surface area contributed by atoms with E-state index >= 15 is 0 Å². The maximum atomic E-state index is 13.9. The van der Waals surface area contributed by atoms with Gasteiger partial charge in [-0.2, -0.15) is 0 Å². The molecule has 0 fully saturated rings. The maximum absolute atomic E-state index is 13.9. The number of nitrogens with one attached hydrogen (secondary N) is 1. The number of benzene rings is 2. The van der Waals surface area contributed by atoms with E-state index in [0.29, 0.717) is 17.0 Å². The van der Waals surface area contributed by atoms with Crippen molar-refractivity contribution in [2.24, 2.45) is 0 Å². The van der Waals surface area contributed by atoms with Crippen molar-refractivity contribution < 1.29 is 4.39 Å². The van der Waals surface area contributed by atoms with E-state index in [-0.39, 0.29) is 11.9 Å². The summed E-state index contributed by atoms with van der Waals surface area (Å²) in [7, 11) is 0. The molecule has 0 amide bonds. The zero-order valence-corrected chi connectivity index (χ0v) is 13.5. The molecule has 2 aromatic carbocycles. The summed E-state index contributed by atoms with van der Waals surface area (Å²) in [4.78, 5) is 0. The van der Waals surface area contributed by atoms with E-state index in [2.05, 4.69) is 21.2 Å². The number of hydrogen-bond acceptors (Lipinski definition) is 1. The lowest BCUT2D eigenvalue weighted by molar-refractivity contribution is 0.528. The normalized spacial score (nSPS) is 12.4. The molecule has 0 saturated heterocycles. The predicted molar refractivity (Wildman–Crippen MR) is 85.7 cm³/mol. The molecule has 0 radical (unpaired) electrons. The standard InChI is InChI=1S/C16H16BrClFN/c1-2-20-16(11-5-3-6-12(17)9-11)10-13-14(18)7-4-8-15(13)19/h3-9,16,20H,2,10H2,1H3. The van der Waals surface area contributed by atoms with E-state index in [0.717, 1.165) is 16.6 Å². The monoisotopic (exact) mass is 355 g/mol. The van der Waals surface area contributed by atoms with Crippen LogP contribution in [-0.2, 0) is 6.42 Å². The van der Waals surface area contributed by atoms with Crippen LogP contribution < -0.4 is 5.32 Å². The van der Waals surface area contributed by atoms with Gasteiger partial charge in [0, 0.05) is 21.1 Å². The van der Waals surface area contributed by atoms with Gasteiger partial charge in [-0.3, -0.25) is 0 Å². The van der Waals surface area contributed by atoms with Gasteiger partial charge in [-0.1, -0.05) is 52.7 Å². The molecule has 20 heavy (non-hydrogen) atoms. The van der Waals surface area contributed by atoms with Gasteiger partial charge in [0.15, 0.2) is 0 Å². The third kappa shape index (κ3) is 3.81. The van der Waals surface area contributed by atoms with Crippen LogP contribution in [0.1, 0.15) is 24.1 Å². The van der Waals surface area contributed by atoms with Crippen LogP contribution in [-0.4, -0.2) is 6.54 Å². The molecule has 2 aromatic rings. The average Bonchev–Trinajstić information content (AvgIpc) is 2.42. The minimum Gasteiger partial charge on any atom is -0.310 e. The van der Waals surface area contributed by atoms with Crippen molar-refractivity contribution >= 4 is 27.5 Å². The van der Waals surface area contributed by atoms with Gasteiger partial charge in [0.2, 0.25) is 0 Å². The first-order chi connectivity index (χ1) is 9.61. The van der Waals surface area contributed by atoms with Gasteiger partial charge < -0.3 is 5.32 Å². The molecule has 2 rings (SSSR count). The first-order valence-electron chi connectivity index (χ1n) is 6.53. The second kappa shape index (κ2) is 7.21. The Hall–Kier alpha value is -0.900. The molecular formula is C16H16BrClFN. The van der Waals surface area contributed by atoms with Crippen LogP contribution >= 0.6 is 27.5 Å². The van der Waals surface area contributed by atoms with E-state index in [9.17, 15) is 4.39 Å². The second-order valence-corrected chi connectivity index (χ2v) is 5.89. The molecule has 1 unspecified atom stereocenters. The number of likely N-dealkylation sites (N-methyl/N-ethyl adjacent to an activating group) is 1. The summed E-state index contributed by atoms with van der Waals surface area (Å²) in [5.74, 6) is -0.254. The molecule has 0 bridgehead atoms. The lowest BCUT2D eigenvalue weighted by Gasteiger charge is -2.20. The molecule has 1 atom stereocenters. The summed E-state index contributed by atoms with van der Waals surface area (Å²) in [6.07, 6.45) is 0.524. The second-order valence-electron chi connectivity index (χ2n) is 4.57. The summed E-state index contributed by atoms with van der Waals surface area (Å²) in [5, 5.41) is 3.86. The average molecular weight is 357 g/mol. The van der Waals surface area contributed by atoms with Crippen molar-refractivity contribution in [1.82, 2.24) is 5.32 Å². The van der Waals surface area contributed by atoms with Crippen molar-refractivity contribution in [3.8, 4) is 0 Å². The van der Waals surface area contributed by atoms with Crippen LogP contribution in [0.5, 0.6) is 0 Å². The number of hydrogen-bond donors (Lipinski definition) is 1. The fourth-order valence-corrected chi connectivity index (χ4v) is 2.87. The minimum atomic E-state index is -0.254. The van der Waals surface area contributed by atoms with E-state index in [4.69, 9.17) is 11.6 Å². The predicted octanol–water partition coefficient (Wildman–Crippen LogP) is 5.13. The van der Waals surface area contributed by atoms with Gasteiger partial charge in [0.25, 0.3) is 0 Å². The highest BCUT2D eigenvalue weighted by Gasteiger charge is 2.16. The molecule has 0 aliphatic rings. The van der Waals surface area contributed by atoms with Crippen LogP contribution in [0.15, 0.2) is 46.9 Å². The minimum absolute atomic E-state index is 0.0342. The van der Waals surface area contributed by atoms with Crippen molar-refractivity contribution in [2.75, 3.05) is 6.54 Å². The van der Waals surface area contributed by atoms with Gasteiger partial charge in [0.05, 0.1) is 0 Å². The molecular weight excluding hydrogens is 341 g/mol. The molecule has 0 aliphatic heterocycles. The van der Waals surface area contributed by atoms with Crippen LogP contribution in [0.2, 0.25) is 5.02 Å². The maximum Gasteiger partial charge on any atom is 0.127 e. The first-order valence-corrected chi connectivity index (χ1v) is 7.70. The first kappa shape index (κ1) is 15.5. The Labute approximate surface area is 132 Å². The lowest BCUT2D eigenvalue weighted by Crippen LogP contribution is -2.23. The number of halogens is 3. The summed E-state index contributed by atoms with van der Waals surface area (Å²) in [5.41, 5.74) is 1.67. The fraction of sp³-hybridized carbons (Fsp3) is 0.250. The van der Waals surface area contributed by atoms with Crippen LogP contribution in [0.3, 0.4) is 0 Å². The Morgan fingerprint density at radius 3 is 2.65 bits per heavy atom. The lowest BCUT2D eigenvalue weighted by atomic mass is 9.98. The molecule has 106 valence electrons. The highest BCUT2D eigenvalue weighted by atomic mass is 79.9. The molecule has 0 aromatic heterocycles. The highest BCUT2D eigenvalue weighted by molar-refractivity contribution is 9.10. The SMILES string of the molecule is CCNC(Cc1c(F)cccc1Cl)c1cccc(Br)c1. The van der Waals surface area contributed by atoms with Gasteiger partial charge in [-0.25, -0.2) is 4.39 Å². The van der Waals surface area contributed by atoms with Gasteiger partial charge in [0.1, 0.15) is 5.82 Å². The van der Waals surface area contributed by atoms with Crippen molar-refractivity contribution in [3.05, 3.63) is 68.9 Å². The quantitative estimate of drug-likeness (QED) is 0.782. The zero-order chi connectivity index (χ0) is 14.5. The van der Waals surface area contributed by atoms with E-state index < -0.39 is 0 Å². The fourth-order valence-electron chi connectivity index (χ4n) is 2.21. The topological polar surface area (TPSA) is 12.0 Å². The van der Waals surface area contributed by atoms with E-state index in [1.165, 1.54) is 6.07 Å². The van der Waals surface area contributed by atoms with E-state index in [1.807, 2.05) is 31.2 Å². The van der Waals surface area contributed by atoms with Crippen molar-refractivity contribution in [3.63, 3.8) is 0 Å². The summed E-state index contributed by atoms with van der Waals surface area (Å²) >= 11 is 9.58. The van der Waals surface area contributed by atoms with Gasteiger partial charge in [-0.05, 0) is 42.8 Å². The smallest absolute Gasteiger partial charge is 0.127 e. The third-order valence-electron chi connectivity index (χ3n) is 3.17. The summed E-state index contributed by atoms with van der Waals surface area (Å²) in [6, 6.07) is 12.9.